The molecule has 2 aliphatic rings. The van der Waals surface area contributed by atoms with Crippen molar-refractivity contribution in [3.05, 3.63) is 64.2 Å². The standard InChI is InChI=1S/C21H25ClN2O3S/c22-20-7-2-1-6-19(20)21(24-10-12-27-13-11-24)15-23-28(25,26)18-9-8-16-4-3-5-17(16)14-18/h1-2,6-9,14,21,23H,3-5,10-13,15H2. The van der Waals surface area contributed by atoms with E-state index in [4.69, 9.17) is 16.3 Å². The van der Waals surface area contributed by atoms with Gasteiger partial charge in [-0.2, -0.15) is 0 Å². The topological polar surface area (TPSA) is 58.6 Å². The van der Waals surface area contributed by atoms with Gasteiger partial charge in [-0.25, -0.2) is 13.1 Å². The van der Waals surface area contributed by atoms with Gasteiger partial charge in [-0.15, -0.1) is 0 Å². The molecule has 5 nitrogen and oxygen atoms in total. The van der Waals surface area contributed by atoms with E-state index < -0.39 is 10.0 Å². The molecule has 0 spiro atoms. The zero-order chi connectivity index (χ0) is 19.6. The minimum absolute atomic E-state index is 0.137. The van der Waals surface area contributed by atoms with Gasteiger partial charge in [-0.3, -0.25) is 4.90 Å². The molecule has 7 heteroatoms. The Morgan fingerprint density at radius 2 is 1.82 bits per heavy atom. The number of morpholine rings is 1. The number of benzene rings is 2. The zero-order valence-electron chi connectivity index (χ0n) is 15.7. The van der Waals surface area contributed by atoms with Gasteiger partial charge in [0.15, 0.2) is 0 Å². The first-order chi connectivity index (χ1) is 13.5. The molecule has 0 amide bonds. The molecular weight excluding hydrogens is 396 g/mol. The molecule has 2 aromatic rings. The Morgan fingerprint density at radius 1 is 1.07 bits per heavy atom. The maximum Gasteiger partial charge on any atom is 0.240 e. The molecule has 0 bridgehead atoms. The van der Waals surface area contributed by atoms with E-state index in [2.05, 4.69) is 9.62 Å². The third-order valence-corrected chi connectivity index (χ3v) is 7.36. The third-order valence-electron chi connectivity index (χ3n) is 5.60. The van der Waals surface area contributed by atoms with E-state index in [1.54, 1.807) is 6.07 Å². The van der Waals surface area contributed by atoms with Crippen LogP contribution in [0.5, 0.6) is 0 Å². The first kappa shape index (κ1) is 19.9. The average molecular weight is 421 g/mol. The molecule has 150 valence electrons. The van der Waals surface area contributed by atoms with Gasteiger partial charge in [-0.1, -0.05) is 35.9 Å². The van der Waals surface area contributed by atoms with Crippen molar-refractivity contribution in [1.82, 2.24) is 9.62 Å². The number of nitrogens with zero attached hydrogens (tertiary/aromatic N) is 1. The third kappa shape index (κ3) is 4.26. The van der Waals surface area contributed by atoms with Gasteiger partial charge in [-0.05, 0) is 54.2 Å². The van der Waals surface area contributed by atoms with Crippen molar-refractivity contribution in [1.29, 1.82) is 0 Å². The van der Waals surface area contributed by atoms with E-state index in [1.165, 1.54) is 5.56 Å². The van der Waals surface area contributed by atoms with Gasteiger partial charge in [0.2, 0.25) is 10.0 Å². The van der Waals surface area contributed by atoms with Crippen molar-refractivity contribution >= 4 is 21.6 Å². The van der Waals surface area contributed by atoms with Crippen LogP contribution in [0.3, 0.4) is 0 Å². The molecule has 4 rings (SSSR count). The molecule has 1 saturated heterocycles. The summed E-state index contributed by atoms with van der Waals surface area (Å²) in [7, 11) is -3.59. The van der Waals surface area contributed by atoms with Crippen LogP contribution in [0.2, 0.25) is 5.02 Å². The highest BCUT2D eigenvalue weighted by Crippen LogP contribution is 2.29. The molecule has 1 atom stereocenters. The Labute approximate surface area is 171 Å². The lowest BCUT2D eigenvalue weighted by atomic mass is 10.0. The molecule has 1 heterocycles. The molecule has 1 fully saturated rings. The Bertz CT molecular complexity index is 942. The lowest BCUT2D eigenvalue weighted by Crippen LogP contribution is -2.43. The minimum atomic E-state index is -3.59. The summed E-state index contributed by atoms with van der Waals surface area (Å²) in [5.74, 6) is 0. The van der Waals surface area contributed by atoms with Crippen LogP contribution < -0.4 is 4.72 Å². The van der Waals surface area contributed by atoms with Gasteiger partial charge >= 0.3 is 0 Å². The summed E-state index contributed by atoms with van der Waals surface area (Å²) in [6, 6.07) is 13.0. The number of nitrogens with one attached hydrogen (secondary N) is 1. The lowest BCUT2D eigenvalue weighted by molar-refractivity contribution is 0.0172. The van der Waals surface area contributed by atoms with Crippen molar-refractivity contribution in [2.45, 2.75) is 30.2 Å². The highest BCUT2D eigenvalue weighted by Gasteiger charge is 2.27. The van der Waals surface area contributed by atoms with Gasteiger partial charge < -0.3 is 4.74 Å². The predicted octanol–water partition coefficient (Wildman–Crippen LogP) is 3.18. The van der Waals surface area contributed by atoms with Crippen molar-refractivity contribution in [3.63, 3.8) is 0 Å². The Morgan fingerprint density at radius 3 is 2.61 bits per heavy atom. The summed E-state index contributed by atoms with van der Waals surface area (Å²) >= 11 is 6.43. The maximum absolute atomic E-state index is 12.9. The molecule has 1 N–H and O–H groups in total. The predicted molar refractivity (Wildman–Crippen MR) is 110 cm³/mol. The summed E-state index contributed by atoms with van der Waals surface area (Å²) in [6.45, 7) is 3.03. The first-order valence-electron chi connectivity index (χ1n) is 9.72. The molecule has 1 unspecified atom stereocenters. The van der Waals surface area contributed by atoms with Crippen LogP contribution >= 0.6 is 11.6 Å². The summed E-state index contributed by atoms with van der Waals surface area (Å²) < 4.78 is 34.2. The number of fused-ring (bicyclic) bond motifs is 1. The van der Waals surface area contributed by atoms with Crippen molar-refractivity contribution in [2.75, 3.05) is 32.8 Å². The molecule has 0 aromatic heterocycles. The Hall–Kier alpha value is -1.44. The van der Waals surface area contributed by atoms with Crippen LogP contribution in [0.1, 0.15) is 29.2 Å². The zero-order valence-corrected chi connectivity index (χ0v) is 17.3. The van der Waals surface area contributed by atoms with Crippen LogP contribution in [0.25, 0.3) is 0 Å². The van der Waals surface area contributed by atoms with E-state index in [0.29, 0.717) is 23.1 Å². The van der Waals surface area contributed by atoms with Crippen molar-refractivity contribution < 1.29 is 13.2 Å². The molecule has 28 heavy (non-hydrogen) atoms. The quantitative estimate of drug-likeness (QED) is 0.779. The summed E-state index contributed by atoms with van der Waals surface area (Å²) in [6.07, 6.45) is 3.08. The fourth-order valence-electron chi connectivity index (χ4n) is 4.06. The maximum atomic E-state index is 12.9. The van der Waals surface area contributed by atoms with Crippen LogP contribution in [-0.2, 0) is 27.6 Å². The van der Waals surface area contributed by atoms with Gasteiger partial charge in [0.05, 0.1) is 18.1 Å². The van der Waals surface area contributed by atoms with Crippen LogP contribution in [0.4, 0.5) is 0 Å². The van der Waals surface area contributed by atoms with Crippen LogP contribution in [0.15, 0.2) is 47.4 Å². The monoisotopic (exact) mass is 420 g/mol. The van der Waals surface area contributed by atoms with Crippen molar-refractivity contribution in [3.8, 4) is 0 Å². The second-order valence-corrected chi connectivity index (χ2v) is 9.50. The Balaban J connectivity index is 1.56. The van der Waals surface area contributed by atoms with E-state index in [-0.39, 0.29) is 12.6 Å². The molecule has 1 aliphatic heterocycles. The number of ether oxygens (including phenoxy) is 1. The smallest absolute Gasteiger partial charge is 0.240 e. The Kier molecular flexibility index (Phi) is 6.04. The van der Waals surface area contributed by atoms with E-state index >= 15 is 0 Å². The SMILES string of the molecule is O=S(=O)(NCC(c1ccccc1Cl)N1CCOCC1)c1ccc2c(c1)CCC2. The number of hydrogen-bond acceptors (Lipinski definition) is 4. The summed E-state index contributed by atoms with van der Waals surface area (Å²) in [5.41, 5.74) is 3.35. The first-order valence-corrected chi connectivity index (χ1v) is 11.6. The van der Waals surface area contributed by atoms with Gasteiger partial charge in [0, 0.05) is 30.7 Å². The second kappa shape index (κ2) is 8.51. The molecule has 0 radical (unpaired) electrons. The van der Waals surface area contributed by atoms with Gasteiger partial charge in [0.25, 0.3) is 0 Å². The number of rotatable bonds is 6. The average Bonchev–Trinajstić information content (AvgIpc) is 3.18. The summed E-state index contributed by atoms with van der Waals surface area (Å²) in [4.78, 5) is 2.57. The van der Waals surface area contributed by atoms with Gasteiger partial charge in [0.1, 0.15) is 0 Å². The van der Waals surface area contributed by atoms with Crippen LogP contribution in [0, 0.1) is 0 Å². The molecular formula is C21H25ClN2O3S. The fraction of sp³-hybridized carbons (Fsp3) is 0.429. The number of halogens is 1. The number of aryl methyl sites for hydroxylation is 2. The number of hydrogen-bond donors (Lipinski definition) is 1. The largest absolute Gasteiger partial charge is 0.379 e. The van der Waals surface area contributed by atoms with E-state index in [1.807, 2.05) is 36.4 Å². The van der Waals surface area contributed by atoms with Crippen LogP contribution in [-0.4, -0.2) is 46.2 Å². The fourth-order valence-corrected chi connectivity index (χ4v) is 5.41. The molecule has 2 aromatic carbocycles. The lowest BCUT2D eigenvalue weighted by Gasteiger charge is -2.35. The molecule has 0 saturated carbocycles. The highest BCUT2D eigenvalue weighted by molar-refractivity contribution is 7.89. The highest BCUT2D eigenvalue weighted by atomic mass is 35.5. The number of sulfonamides is 1. The normalized spacial score (nSPS) is 18.8. The van der Waals surface area contributed by atoms with E-state index in [9.17, 15) is 8.42 Å². The summed E-state index contributed by atoms with van der Waals surface area (Å²) in [5, 5.41) is 0.649. The minimum Gasteiger partial charge on any atom is -0.379 e. The van der Waals surface area contributed by atoms with E-state index in [0.717, 1.165) is 43.5 Å². The van der Waals surface area contributed by atoms with Crippen molar-refractivity contribution in [2.24, 2.45) is 0 Å². The second-order valence-electron chi connectivity index (χ2n) is 7.32. The molecule has 1 aliphatic carbocycles.